The fourth-order valence-electron chi connectivity index (χ4n) is 2.76. The average molecular weight is 429 g/mol. The van der Waals surface area contributed by atoms with E-state index in [1.54, 1.807) is 24.3 Å². The van der Waals surface area contributed by atoms with Gasteiger partial charge in [0, 0.05) is 22.8 Å². The normalized spacial score (nSPS) is 11.1. The minimum absolute atomic E-state index is 0.113. The Labute approximate surface area is 175 Å². The summed E-state index contributed by atoms with van der Waals surface area (Å²) in [5, 5.41) is 3.34. The Bertz CT molecular complexity index is 1050. The fourth-order valence-corrected chi connectivity index (χ4v) is 3.94. The summed E-state index contributed by atoms with van der Waals surface area (Å²) in [5.74, 6) is -0.190. The lowest BCUT2D eigenvalue weighted by Crippen LogP contribution is -2.24. The van der Waals surface area contributed by atoms with E-state index < -0.39 is 10.0 Å². The maximum Gasteiger partial charge on any atom is 0.261 e. The molecule has 3 aromatic rings. The van der Waals surface area contributed by atoms with E-state index in [1.165, 1.54) is 29.8 Å². The molecule has 0 aliphatic carbocycles. The summed E-state index contributed by atoms with van der Waals surface area (Å²) in [6.45, 7) is 0.568. The number of nitrogens with one attached hydrogen (secondary N) is 2. The molecule has 0 unspecified atom stereocenters. The van der Waals surface area contributed by atoms with Gasteiger partial charge in [0.1, 0.15) is 0 Å². The average Bonchev–Trinajstić information content (AvgIpc) is 2.72. The molecule has 1 amide bonds. The van der Waals surface area contributed by atoms with Crippen molar-refractivity contribution in [1.29, 1.82) is 0 Å². The molecule has 5 nitrogen and oxygen atoms in total. The van der Waals surface area contributed by atoms with Crippen LogP contribution in [0.2, 0.25) is 5.02 Å². The van der Waals surface area contributed by atoms with Crippen LogP contribution >= 0.6 is 11.6 Å². The van der Waals surface area contributed by atoms with Crippen LogP contribution in [0.15, 0.2) is 83.8 Å². The van der Waals surface area contributed by atoms with E-state index in [0.717, 1.165) is 12.8 Å². The second kappa shape index (κ2) is 9.58. The zero-order chi connectivity index (χ0) is 20.7. The van der Waals surface area contributed by atoms with Crippen LogP contribution in [0.3, 0.4) is 0 Å². The summed E-state index contributed by atoms with van der Waals surface area (Å²) in [5.41, 5.74) is 2.08. The first kappa shape index (κ1) is 20.9. The van der Waals surface area contributed by atoms with Gasteiger partial charge in [0.2, 0.25) is 0 Å². The summed E-state index contributed by atoms with van der Waals surface area (Å²) < 4.78 is 27.3. The standard InChI is InChI=1S/C22H21ClN2O3S/c23-19-10-14-21(15-11-19)29(27,28)25-20-12-8-18(9-13-20)22(26)24-16-4-7-17-5-2-1-3-6-17/h1-3,5-6,8-15,25H,4,7,16H2,(H,24,26). The Hall–Kier alpha value is -2.83. The monoisotopic (exact) mass is 428 g/mol. The number of sulfonamides is 1. The number of benzene rings is 3. The maximum absolute atomic E-state index is 12.4. The van der Waals surface area contributed by atoms with Crippen molar-refractivity contribution in [1.82, 2.24) is 5.32 Å². The SMILES string of the molecule is O=C(NCCCc1ccccc1)c1ccc(NS(=O)(=O)c2ccc(Cl)cc2)cc1. The van der Waals surface area contributed by atoms with Gasteiger partial charge in [-0.05, 0) is 66.9 Å². The molecule has 0 fully saturated rings. The molecular formula is C22H21ClN2O3S. The molecule has 0 aliphatic rings. The lowest BCUT2D eigenvalue weighted by Gasteiger charge is -2.09. The van der Waals surface area contributed by atoms with Crippen LogP contribution in [0.5, 0.6) is 0 Å². The summed E-state index contributed by atoms with van der Waals surface area (Å²) in [7, 11) is -3.72. The summed E-state index contributed by atoms with van der Waals surface area (Å²) in [6, 6.07) is 22.3. The third-order valence-electron chi connectivity index (χ3n) is 4.29. The number of rotatable bonds is 8. The smallest absolute Gasteiger partial charge is 0.261 e. The van der Waals surface area contributed by atoms with Gasteiger partial charge >= 0.3 is 0 Å². The van der Waals surface area contributed by atoms with Crippen molar-refractivity contribution < 1.29 is 13.2 Å². The van der Waals surface area contributed by atoms with E-state index in [1.807, 2.05) is 18.2 Å². The summed E-state index contributed by atoms with van der Waals surface area (Å²) in [4.78, 5) is 12.4. The fraction of sp³-hybridized carbons (Fsp3) is 0.136. The molecule has 3 aromatic carbocycles. The van der Waals surface area contributed by atoms with Gasteiger partial charge in [-0.25, -0.2) is 8.42 Å². The molecule has 7 heteroatoms. The number of halogens is 1. The van der Waals surface area contributed by atoms with Gasteiger partial charge in [-0.3, -0.25) is 9.52 Å². The van der Waals surface area contributed by atoms with Crippen molar-refractivity contribution in [3.05, 3.63) is 95.0 Å². The number of hydrogen-bond acceptors (Lipinski definition) is 3. The number of amides is 1. The molecule has 2 N–H and O–H groups in total. The van der Waals surface area contributed by atoms with Crippen molar-refractivity contribution in [3.63, 3.8) is 0 Å². The predicted octanol–water partition coefficient (Wildman–Crippen LogP) is 4.50. The van der Waals surface area contributed by atoms with Gasteiger partial charge in [-0.2, -0.15) is 0 Å². The molecule has 29 heavy (non-hydrogen) atoms. The predicted molar refractivity (Wildman–Crippen MR) is 116 cm³/mol. The van der Waals surface area contributed by atoms with Gasteiger partial charge in [-0.1, -0.05) is 41.9 Å². The molecule has 0 saturated carbocycles. The number of aryl methyl sites for hydroxylation is 1. The molecule has 0 aliphatic heterocycles. The third-order valence-corrected chi connectivity index (χ3v) is 5.94. The Morgan fingerprint density at radius 2 is 1.52 bits per heavy atom. The minimum Gasteiger partial charge on any atom is -0.352 e. The molecule has 0 radical (unpaired) electrons. The highest BCUT2D eigenvalue weighted by Gasteiger charge is 2.14. The van der Waals surface area contributed by atoms with E-state index >= 15 is 0 Å². The lowest BCUT2D eigenvalue weighted by molar-refractivity contribution is 0.0953. The van der Waals surface area contributed by atoms with Gasteiger partial charge in [-0.15, -0.1) is 0 Å². The molecule has 0 bridgehead atoms. The molecule has 150 valence electrons. The van der Waals surface area contributed by atoms with Crippen molar-refractivity contribution in [2.75, 3.05) is 11.3 Å². The second-order valence-electron chi connectivity index (χ2n) is 6.48. The zero-order valence-electron chi connectivity index (χ0n) is 15.6. The van der Waals surface area contributed by atoms with Crippen LogP contribution in [0, 0.1) is 0 Å². The third kappa shape index (κ3) is 6.07. The van der Waals surface area contributed by atoms with Gasteiger partial charge in [0.05, 0.1) is 4.90 Å². The first-order valence-electron chi connectivity index (χ1n) is 9.15. The minimum atomic E-state index is -3.72. The highest BCUT2D eigenvalue weighted by molar-refractivity contribution is 7.92. The van der Waals surface area contributed by atoms with Crippen LogP contribution in [0.4, 0.5) is 5.69 Å². The summed E-state index contributed by atoms with van der Waals surface area (Å²) >= 11 is 5.79. The van der Waals surface area contributed by atoms with E-state index in [-0.39, 0.29) is 10.8 Å². The molecule has 0 heterocycles. The first-order chi connectivity index (χ1) is 13.9. The number of hydrogen-bond donors (Lipinski definition) is 2. The van der Waals surface area contributed by atoms with Crippen LogP contribution in [0.25, 0.3) is 0 Å². The van der Waals surface area contributed by atoms with Gasteiger partial charge in [0.25, 0.3) is 15.9 Å². The maximum atomic E-state index is 12.4. The Kier molecular flexibility index (Phi) is 6.90. The molecule has 0 saturated heterocycles. The highest BCUT2D eigenvalue weighted by atomic mass is 35.5. The van der Waals surface area contributed by atoms with Gasteiger partial charge in [0.15, 0.2) is 0 Å². The molecule has 0 aromatic heterocycles. The molecule has 0 spiro atoms. The van der Waals surface area contributed by atoms with E-state index in [9.17, 15) is 13.2 Å². The van der Waals surface area contributed by atoms with Crippen LogP contribution in [-0.4, -0.2) is 20.9 Å². The second-order valence-corrected chi connectivity index (χ2v) is 8.60. The number of carbonyl (C=O) groups excluding carboxylic acids is 1. The van der Waals surface area contributed by atoms with Crippen molar-refractivity contribution in [2.24, 2.45) is 0 Å². The molecular weight excluding hydrogens is 408 g/mol. The van der Waals surface area contributed by atoms with Crippen LogP contribution in [0.1, 0.15) is 22.3 Å². The van der Waals surface area contributed by atoms with E-state index in [0.29, 0.717) is 22.8 Å². The number of carbonyl (C=O) groups is 1. The zero-order valence-corrected chi connectivity index (χ0v) is 17.2. The Morgan fingerprint density at radius 3 is 2.17 bits per heavy atom. The van der Waals surface area contributed by atoms with E-state index in [4.69, 9.17) is 11.6 Å². The largest absolute Gasteiger partial charge is 0.352 e. The quantitative estimate of drug-likeness (QED) is 0.518. The Balaban J connectivity index is 1.52. The number of anilines is 1. The first-order valence-corrected chi connectivity index (χ1v) is 11.0. The van der Waals surface area contributed by atoms with Crippen LogP contribution in [-0.2, 0) is 16.4 Å². The van der Waals surface area contributed by atoms with Crippen molar-refractivity contribution in [3.8, 4) is 0 Å². The summed E-state index contributed by atoms with van der Waals surface area (Å²) in [6.07, 6.45) is 1.74. The topological polar surface area (TPSA) is 75.3 Å². The molecule has 0 atom stereocenters. The molecule has 3 rings (SSSR count). The van der Waals surface area contributed by atoms with Crippen molar-refractivity contribution >= 4 is 33.2 Å². The van der Waals surface area contributed by atoms with Gasteiger partial charge < -0.3 is 5.32 Å². The Morgan fingerprint density at radius 1 is 0.862 bits per heavy atom. The highest BCUT2D eigenvalue weighted by Crippen LogP contribution is 2.18. The lowest BCUT2D eigenvalue weighted by atomic mass is 10.1. The van der Waals surface area contributed by atoms with Crippen molar-refractivity contribution in [2.45, 2.75) is 17.7 Å². The van der Waals surface area contributed by atoms with Crippen LogP contribution < -0.4 is 10.0 Å². The van der Waals surface area contributed by atoms with E-state index in [2.05, 4.69) is 22.2 Å².